The number of nitrogens with one attached hydrogen (secondary N) is 1. The van der Waals surface area contributed by atoms with E-state index in [1.807, 2.05) is 31.2 Å². The molecule has 0 unspecified atom stereocenters. The summed E-state index contributed by atoms with van der Waals surface area (Å²) in [6.45, 7) is 6.42. The molecule has 1 saturated heterocycles. The summed E-state index contributed by atoms with van der Waals surface area (Å²) in [6, 6.07) is 7.43. The van der Waals surface area contributed by atoms with Crippen LogP contribution in [-0.2, 0) is 9.53 Å². The summed E-state index contributed by atoms with van der Waals surface area (Å²) in [5, 5.41) is 8.75. The normalized spacial score (nSPS) is 17.2. The Bertz CT molecular complexity index is 1370. The SMILES string of the molecule is C=CC(=O)N1C[C@@H](n2nc(C#Cc3ccc4c(C)ccnc4c3)c(C(N)=O)c2NC)C[C@@H]1COC. The van der Waals surface area contributed by atoms with E-state index in [1.165, 1.54) is 6.08 Å². The second-order valence-electron chi connectivity index (χ2n) is 8.43. The number of amides is 2. The van der Waals surface area contributed by atoms with E-state index >= 15 is 0 Å². The Kier molecular flexibility index (Phi) is 6.85. The summed E-state index contributed by atoms with van der Waals surface area (Å²) in [5.74, 6) is 5.76. The Balaban J connectivity index is 1.73. The minimum atomic E-state index is -0.633. The van der Waals surface area contributed by atoms with E-state index in [-0.39, 0.29) is 29.2 Å². The number of anilines is 1. The third-order valence-corrected chi connectivity index (χ3v) is 6.23. The molecule has 0 radical (unpaired) electrons. The van der Waals surface area contributed by atoms with Crippen molar-refractivity contribution in [3.05, 3.63) is 65.5 Å². The van der Waals surface area contributed by atoms with Gasteiger partial charge in [0.2, 0.25) is 5.91 Å². The molecule has 2 aromatic heterocycles. The van der Waals surface area contributed by atoms with Crippen LogP contribution in [0, 0.1) is 18.8 Å². The summed E-state index contributed by atoms with van der Waals surface area (Å²) in [6.07, 6.45) is 3.66. The fourth-order valence-electron chi connectivity index (χ4n) is 4.57. The average Bonchev–Trinajstić information content (AvgIpc) is 3.44. The van der Waals surface area contributed by atoms with Crippen LogP contribution in [-0.4, -0.2) is 64.8 Å². The molecule has 3 N–H and O–H groups in total. The fourth-order valence-corrected chi connectivity index (χ4v) is 4.57. The number of likely N-dealkylation sites (tertiary alicyclic amines) is 1. The number of aryl methyl sites for hydroxylation is 1. The van der Waals surface area contributed by atoms with Gasteiger partial charge in [0.25, 0.3) is 5.91 Å². The summed E-state index contributed by atoms with van der Waals surface area (Å²) in [5.41, 5.74) is 8.94. The number of ether oxygens (including phenoxy) is 1. The molecule has 3 aromatic rings. The first kappa shape index (κ1) is 24.0. The van der Waals surface area contributed by atoms with Crippen LogP contribution in [0.2, 0.25) is 0 Å². The minimum Gasteiger partial charge on any atom is -0.383 e. The van der Waals surface area contributed by atoms with Crippen LogP contribution in [0.5, 0.6) is 0 Å². The lowest BCUT2D eigenvalue weighted by Gasteiger charge is -2.22. The maximum atomic E-state index is 12.4. The van der Waals surface area contributed by atoms with E-state index in [1.54, 1.807) is 29.9 Å². The van der Waals surface area contributed by atoms with Crippen molar-refractivity contribution in [1.82, 2.24) is 19.7 Å². The predicted molar refractivity (Wildman–Crippen MR) is 134 cm³/mol. The van der Waals surface area contributed by atoms with Gasteiger partial charge in [-0.15, -0.1) is 0 Å². The van der Waals surface area contributed by atoms with Crippen molar-refractivity contribution in [3.8, 4) is 11.8 Å². The largest absolute Gasteiger partial charge is 0.383 e. The van der Waals surface area contributed by atoms with Crippen LogP contribution in [0.4, 0.5) is 5.82 Å². The number of nitrogens with two attached hydrogens (primary N) is 1. The van der Waals surface area contributed by atoms with E-state index < -0.39 is 5.91 Å². The number of methoxy groups -OCH3 is 1. The third kappa shape index (κ3) is 4.61. The Morgan fingerprint density at radius 3 is 2.83 bits per heavy atom. The molecule has 0 bridgehead atoms. The summed E-state index contributed by atoms with van der Waals surface area (Å²) in [4.78, 5) is 30.9. The van der Waals surface area contributed by atoms with E-state index in [4.69, 9.17) is 10.5 Å². The second-order valence-corrected chi connectivity index (χ2v) is 8.43. The Labute approximate surface area is 203 Å². The third-order valence-electron chi connectivity index (χ3n) is 6.23. The molecule has 0 saturated carbocycles. The Morgan fingerprint density at radius 1 is 1.34 bits per heavy atom. The zero-order chi connectivity index (χ0) is 25.1. The molecule has 3 heterocycles. The molecule has 4 rings (SSSR count). The van der Waals surface area contributed by atoms with Crippen molar-refractivity contribution < 1.29 is 14.3 Å². The van der Waals surface area contributed by atoms with Gasteiger partial charge in [-0.25, -0.2) is 4.68 Å². The smallest absolute Gasteiger partial charge is 0.255 e. The molecular weight excluding hydrogens is 444 g/mol. The number of carbonyl (C=O) groups excluding carboxylic acids is 2. The topological polar surface area (TPSA) is 115 Å². The van der Waals surface area contributed by atoms with Crippen LogP contribution in [0.25, 0.3) is 10.9 Å². The Morgan fingerprint density at radius 2 is 2.14 bits per heavy atom. The molecule has 1 aromatic carbocycles. The van der Waals surface area contributed by atoms with Crippen LogP contribution >= 0.6 is 0 Å². The molecule has 1 aliphatic heterocycles. The zero-order valence-corrected chi connectivity index (χ0v) is 20.0. The lowest BCUT2D eigenvalue weighted by atomic mass is 10.1. The van der Waals surface area contributed by atoms with Gasteiger partial charge in [0.05, 0.1) is 24.2 Å². The van der Waals surface area contributed by atoms with Crippen LogP contribution in [0.3, 0.4) is 0 Å². The number of hydrogen-bond donors (Lipinski definition) is 2. The quantitative estimate of drug-likeness (QED) is 0.420. The van der Waals surface area contributed by atoms with E-state index in [0.29, 0.717) is 25.4 Å². The summed E-state index contributed by atoms with van der Waals surface area (Å²) in [7, 11) is 3.29. The zero-order valence-electron chi connectivity index (χ0n) is 20.0. The molecule has 9 heteroatoms. The predicted octanol–water partition coefficient (Wildman–Crippen LogP) is 2.25. The number of nitrogens with zero attached hydrogens (tertiary/aromatic N) is 4. The van der Waals surface area contributed by atoms with Gasteiger partial charge in [0.15, 0.2) is 5.69 Å². The lowest BCUT2D eigenvalue weighted by Crippen LogP contribution is -2.37. The van der Waals surface area contributed by atoms with Crippen LogP contribution < -0.4 is 11.1 Å². The van der Waals surface area contributed by atoms with E-state index in [2.05, 4.69) is 33.8 Å². The molecule has 35 heavy (non-hydrogen) atoms. The van der Waals surface area contributed by atoms with Crippen molar-refractivity contribution in [2.45, 2.75) is 25.4 Å². The second kappa shape index (κ2) is 9.99. The number of hydrogen-bond acceptors (Lipinski definition) is 6. The molecular formula is C26H28N6O3. The van der Waals surface area contributed by atoms with Crippen molar-refractivity contribution in [1.29, 1.82) is 0 Å². The molecule has 1 aliphatic rings. The average molecular weight is 473 g/mol. The maximum Gasteiger partial charge on any atom is 0.255 e. The standard InChI is InChI=1S/C26H28N6O3/c1-5-23(33)31-14-18(13-19(31)15-35-4)32-26(28-3)24(25(27)34)21(30-32)9-7-17-6-8-20-16(2)10-11-29-22(20)12-17/h5-6,8,10-12,18-19,28H,1,13-15H2,2-4H3,(H2,27,34)/t18-,19+/m0/s1. The monoisotopic (exact) mass is 472 g/mol. The number of pyridine rings is 1. The van der Waals surface area contributed by atoms with Gasteiger partial charge in [-0.3, -0.25) is 14.6 Å². The van der Waals surface area contributed by atoms with Crippen molar-refractivity contribution >= 4 is 28.5 Å². The molecule has 1 fully saturated rings. The van der Waals surface area contributed by atoms with Crippen LogP contribution in [0.1, 0.15) is 39.6 Å². The minimum absolute atomic E-state index is 0.135. The summed E-state index contributed by atoms with van der Waals surface area (Å²) >= 11 is 0. The first-order chi connectivity index (χ1) is 16.9. The highest BCUT2D eigenvalue weighted by Gasteiger charge is 2.37. The van der Waals surface area contributed by atoms with Gasteiger partial charge in [-0.05, 0) is 49.1 Å². The first-order valence-corrected chi connectivity index (χ1v) is 11.3. The number of carbonyl (C=O) groups is 2. The first-order valence-electron chi connectivity index (χ1n) is 11.3. The van der Waals surface area contributed by atoms with Crippen molar-refractivity contribution in [2.24, 2.45) is 5.73 Å². The number of rotatable bonds is 6. The van der Waals surface area contributed by atoms with Crippen molar-refractivity contribution in [3.63, 3.8) is 0 Å². The van der Waals surface area contributed by atoms with E-state index in [0.717, 1.165) is 22.0 Å². The van der Waals surface area contributed by atoms with Crippen molar-refractivity contribution in [2.75, 3.05) is 32.6 Å². The lowest BCUT2D eigenvalue weighted by molar-refractivity contribution is -0.127. The highest BCUT2D eigenvalue weighted by atomic mass is 16.5. The molecule has 0 spiro atoms. The van der Waals surface area contributed by atoms with Gasteiger partial charge in [-0.2, -0.15) is 5.10 Å². The van der Waals surface area contributed by atoms with Gasteiger partial charge >= 0.3 is 0 Å². The molecule has 0 aliphatic carbocycles. The molecule has 2 atom stereocenters. The molecule has 9 nitrogen and oxygen atoms in total. The number of aromatic nitrogens is 3. The Hall–Kier alpha value is -4.16. The highest BCUT2D eigenvalue weighted by molar-refractivity contribution is 6.00. The molecule has 180 valence electrons. The van der Waals surface area contributed by atoms with Gasteiger partial charge in [-0.1, -0.05) is 18.6 Å². The fraction of sp³-hybridized carbons (Fsp3) is 0.308. The van der Waals surface area contributed by atoms with Gasteiger partial charge < -0.3 is 20.7 Å². The number of fused-ring (bicyclic) bond motifs is 1. The number of primary amides is 1. The highest BCUT2D eigenvalue weighted by Crippen LogP contribution is 2.32. The van der Waals surface area contributed by atoms with Gasteiger partial charge in [0, 0.05) is 37.8 Å². The number of benzene rings is 1. The summed E-state index contributed by atoms with van der Waals surface area (Å²) < 4.78 is 7.01. The maximum absolute atomic E-state index is 12.4. The van der Waals surface area contributed by atoms with Crippen LogP contribution in [0.15, 0.2) is 43.1 Å². The van der Waals surface area contributed by atoms with Gasteiger partial charge in [0.1, 0.15) is 11.4 Å². The molecule has 2 amide bonds. The van der Waals surface area contributed by atoms with E-state index in [9.17, 15) is 9.59 Å².